The molecule has 0 bridgehead atoms. The molecule has 2 atom stereocenters. The molecular formula is C53H40N6O. The maximum Gasteiger partial charge on any atom is 0.240 e. The highest BCUT2D eigenvalue weighted by Gasteiger charge is 2.57. The summed E-state index contributed by atoms with van der Waals surface area (Å²) in [5, 5.41) is 6.62. The van der Waals surface area contributed by atoms with Crippen LogP contribution in [0.3, 0.4) is 0 Å². The first-order valence-corrected chi connectivity index (χ1v) is 21.1. The van der Waals surface area contributed by atoms with Crippen molar-refractivity contribution in [3.63, 3.8) is 0 Å². The molecule has 2 aliphatic rings. The molecule has 0 saturated heterocycles. The molecule has 4 aromatic heterocycles. The van der Waals surface area contributed by atoms with Crippen LogP contribution in [0.15, 0.2) is 162 Å². The Balaban J connectivity index is 1.13. The van der Waals surface area contributed by atoms with Gasteiger partial charge in [0.25, 0.3) is 0 Å². The molecule has 0 radical (unpaired) electrons. The molecule has 2 unspecified atom stereocenters. The fourth-order valence-electron chi connectivity index (χ4n) is 11.2. The number of benzene rings is 7. The van der Waals surface area contributed by atoms with E-state index in [0.29, 0.717) is 17.7 Å². The molecule has 1 fully saturated rings. The lowest BCUT2D eigenvalue weighted by atomic mass is 9.61. The fourth-order valence-corrected chi connectivity index (χ4v) is 11.2. The zero-order chi connectivity index (χ0) is 39.7. The minimum absolute atomic E-state index is 0.00168. The van der Waals surface area contributed by atoms with Crippen LogP contribution in [-0.2, 0) is 5.41 Å². The minimum Gasteiger partial charge on any atom is -0.455 e. The van der Waals surface area contributed by atoms with Crippen molar-refractivity contribution in [3.05, 3.63) is 163 Å². The quantitative estimate of drug-likeness (QED) is 0.178. The molecule has 13 rings (SSSR count). The summed E-state index contributed by atoms with van der Waals surface area (Å²) < 4.78 is 11.1. The van der Waals surface area contributed by atoms with E-state index in [1.54, 1.807) is 0 Å². The highest BCUT2D eigenvalue weighted by atomic mass is 16.3. The number of para-hydroxylation sites is 6. The van der Waals surface area contributed by atoms with Gasteiger partial charge in [0.1, 0.15) is 11.2 Å². The SMILES string of the molecule is CC12CCCCC1(C)N(c1ccccc1-c1nc(-n3c4ccccc4c4ccccc43)nc(-n3c4ccccc4c4c5oc6ccccc6c5ccc43)n1)c1ccccc12. The summed E-state index contributed by atoms with van der Waals surface area (Å²) in [7, 11) is 0. The average molecular weight is 777 g/mol. The molecule has 1 aliphatic carbocycles. The van der Waals surface area contributed by atoms with Crippen LogP contribution in [0.1, 0.15) is 45.1 Å². The van der Waals surface area contributed by atoms with Crippen molar-refractivity contribution in [1.29, 1.82) is 0 Å². The van der Waals surface area contributed by atoms with Crippen molar-refractivity contribution in [2.24, 2.45) is 0 Å². The van der Waals surface area contributed by atoms with E-state index in [1.807, 2.05) is 12.1 Å². The Morgan fingerprint density at radius 2 is 1.05 bits per heavy atom. The van der Waals surface area contributed by atoms with Gasteiger partial charge in [-0.05, 0) is 79.9 Å². The lowest BCUT2D eigenvalue weighted by Gasteiger charge is -2.50. The van der Waals surface area contributed by atoms with Crippen LogP contribution in [0.4, 0.5) is 11.4 Å². The Kier molecular flexibility index (Phi) is 6.82. The Morgan fingerprint density at radius 3 is 1.80 bits per heavy atom. The normalized spacial score (nSPS) is 19.0. The maximum atomic E-state index is 6.68. The van der Waals surface area contributed by atoms with Crippen LogP contribution in [-0.4, -0.2) is 29.6 Å². The van der Waals surface area contributed by atoms with E-state index in [1.165, 1.54) is 24.1 Å². The minimum atomic E-state index is -0.138. The topological polar surface area (TPSA) is 64.9 Å². The van der Waals surface area contributed by atoms with E-state index >= 15 is 0 Å². The van der Waals surface area contributed by atoms with E-state index in [0.717, 1.165) is 89.6 Å². The Labute approximate surface area is 346 Å². The molecule has 1 saturated carbocycles. The summed E-state index contributed by atoms with van der Waals surface area (Å²) in [5.41, 5.74) is 10.4. The van der Waals surface area contributed by atoms with Crippen molar-refractivity contribution in [3.8, 4) is 23.3 Å². The van der Waals surface area contributed by atoms with Gasteiger partial charge in [0.05, 0.1) is 38.7 Å². The Hall–Kier alpha value is -7.25. The van der Waals surface area contributed by atoms with Crippen molar-refractivity contribution in [2.75, 3.05) is 4.90 Å². The van der Waals surface area contributed by atoms with Gasteiger partial charge in [-0.1, -0.05) is 123 Å². The molecule has 7 aromatic carbocycles. The number of hydrogen-bond donors (Lipinski definition) is 0. The van der Waals surface area contributed by atoms with Gasteiger partial charge < -0.3 is 9.32 Å². The molecule has 0 spiro atoms. The number of fused-ring (bicyclic) bond motifs is 13. The van der Waals surface area contributed by atoms with Crippen molar-refractivity contribution >= 4 is 76.9 Å². The van der Waals surface area contributed by atoms with Gasteiger partial charge in [0.2, 0.25) is 11.9 Å². The van der Waals surface area contributed by atoms with Crippen molar-refractivity contribution in [2.45, 2.75) is 50.5 Å². The molecule has 11 aromatic rings. The molecule has 7 heteroatoms. The third-order valence-electron chi connectivity index (χ3n) is 14.2. The molecule has 288 valence electrons. The summed E-state index contributed by atoms with van der Waals surface area (Å²) in [5.74, 6) is 1.73. The molecule has 0 N–H and O–H groups in total. The zero-order valence-electron chi connectivity index (χ0n) is 33.4. The van der Waals surface area contributed by atoms with Crippen LogP contribution in [0.25, 0.3) is 88.8 Å². The predicted molar refractivity (Wildman–Crippen MR) is 244 cm³/mol. The number of rotatable bonds is 4. The third-order valence-corrected chi connectivity index (χ3v) is 14.2. The number of furan rings is 1. The predicted octanol–water partition coefficient (Wildman–Crippen LogP) is 13.4. The molecule has 5 heterocycles. The van der Waals surface area contributed by atoms with Crippen LogP contribution < -0.4 is 4.90 Å². The van der Waals surface area contributed by atoms with Crippen molar-refractivity contribution in [1.82, 2.24) is 24.1 Å². The van der Waals surface area contributed by atoms with Gasteiger partial charge in [-0.2, -0.15) is 15.0 Å². The van der Waals surface area contributed by atoms with Gasteiger partial charge in [0, 0.05) is 43.6 Å². The first kappa shape index (κ1) is 33.7. The molecular weight excluding hydrogens is 737 g/mol. The highest BCUT2D eigenvalue weighted by molar-refractivity contribution is 6.23. The van der Waals surface area contributed by atoms with Gasteiger partial charge in [-0.3, -0.25) is 9.13 Å². The summed E-state index contributed by atoms with van der Waals surface area (Å²) in [6.45, 7) is 4.96. The number of nitrogens with zero attached hydrogens (tertiary/aromatic N) is 6. The van der Waals surface area contributed by atoms with Crippen LogP contribution in [0.2, 0.25) is 0 Å². The van der Waals surface area contributed by atoms with Crippen molar-refractivity contribution < 1.29 is 4.42 Å². The zero-order valence-corrected chi connectivity index (χ0v) is 33.4. The van der Waals surface area contributed by atoms with E-state index < -0.39 is 0 Å². The summed E-state index contributed by atoms with van der Waals surface area (Å²) in [6.07, 6.45) is 4.67. The Bertz CT molecular complexity index is 3520. The number of aromatic nitrogens is 5. The largest absolute Gasteiger partial charge is 0.455 e. The Morgan fingerprint density at radius 1 is 0.483 bits per heavy atom. The average Bonchev–Trinajstić information content (AvgIpc) is 4.00. The first-order chi connectivity index (χ1) is 29.5. The number of hydrogen-bond acceptors (Lipinski definition) is 5. The molecule has 1 aliphatic heterocycles. The van der Waals surface area contributed by atoms with Crippen LogP contribution in [0.5, 0.6) is 0 Å². The summed E-state index contributed by atoms with van der Waals surface area (Å²) in [4.78, 5) is 19.2. The second-order valence-electron chi connectivity index (χ2n) is 17.1. The summed E-state index contributed by atoms with van der Waals surface area (Å²) >= 11 is 0. The molecule has 60 heavy (non-hydrogen) atoms. The summed E-state index contributed by atoms with van der Waals surface area (Å²) in [6, 6.07) is 56.0. The highest BCUT2D eigenvalue weighted by Crippen LogP contribution is 2.61. The standard InChI is InChI=1S/C53H40N6O/c1-52-31-15-16-32-53(52,2)59(44-27-13-8-22-39(44)52)43-26-12-6-21-38(43)49-54-50(57-40-23-9-3-17-33(40)34-18-4-10-24-41(34)57)56-51(55-49)58-42-25-11-5-20-37(42)47-45(58)30-29-36-35-19-7-14-28-46(35)60-48(36)47/h3-14,17-30H,15-16,31-32H2,1-2H3. The fraction of sp³-hybridized carbons (Fsp3) is 0.151. The van der Waals surface area contributed by atoms with Gasteiger partial charge in [-0.15, -0.1) is 0 Å². The molecule has 7 nitrogen and oxygen atoms in total. The lowest BCUT2D eigenvalue weighted by Crippen LogP contribution is -2.54. The smallest absolute Gasteiger partial charge is 0.240 e. The van der Waals surface area contributed by atoms with E-state index in [2.05, 4.69) is 173 Å². The monoisotopic (exact) mass is 776 g/mol. The van der Waals surface area contributed by atoms with Crippen LogP contribution in [0, 0.1) is 0 Å². The van der Waals surface area contributed by atoms with Gasteiger partial charge in [0.15, 0.2) is 5.82 Å². The lowest BCUT2D eigenvalue weighted by molar-refractivity contribution is 0.195. The van der Waals surface area contributed by atoms with Gasteiger partial charge >= 0.3 is 0 Å². The third kappa shape index (κ3) is 4.36. The molecule has 0 amide bonds. The van der Waals surface area contributed by atoms with Crippen LogP contribution >= 0.6 is 0 Å². The number of anilines is 2. The van der Waals surface area contributed by atoms with Gasteiger partial charge in [-0.25, -0.2) is 0 Å². The van der Waals surface area contributed by atoms with E-state index in [4.69, 9.17) is 19.4 Å². The van der Waals surface area contributed by atoms with E-state index in [9.17, 15) is 0 Å². The van der Waals surface area contributed by atoms with E-state index in [-0.39, 0.29) is 11.0 Å². The first-order valence-electron chi connectivity index (χ1n) is 21.1. The second-order valence-corrected chi connectivity index (χ2v) is 17.1. The second kappa shape index (κ2) is 12.1. The maximum absolute atomic E-state index is 6.68.